The third-order valence-corrected chi connectivity index (χ3v) is 5.28. The maximum Gasteiger partial charge on any atom is 0.261 e. The van der Waals surface area contributed by atoms with Gasteiger partial charge >= 0.3 is 0 Å². The highest BCUT2D eigenvalue weighted by molar-refractivity contribution is 5.88. The van der Waals surface area contributed by atoms with Gasteiger partial charge in [0.05, 0.1) is 0 Å². The molecule has 34 heavy (non-hydrogen) atoms. The molecule has 7 heteroatoms. The summed E-state index contributed by atoms with van der Waals surface area (Å²) in [6, 6.07) is 23.4. The number of aliphatic hydroxyl groups is 1. The van der Waals surface area contributed by atoms with Gasteiger partial charge in [-0.3, -0.25) is 9.59 Å². The predicted octanol–water partition coefficient (Wildman–Crippen LogP) is 3.34. The molecule has 3 aromatic rings. The van der Waals surface area contributed by atoms with Crippen molar-refractivity contribution < 1.29 is 23.8 Å². The van der Waals surface area contributed by atoms with Crippen LogP contribution in [0.3, 0.4) is 0 Å². The molecule has 3 rings (SSSR count). The van der Waals surface area contributed by atoms with Crippen molar-refractivity contribution in [2.45, 2.75) is 25.4 Å². The first-order chi connectivity index (χ1) is 16.6. The molecule has 2 amide bonds. The molecule has 0 aromatic heterocycles. The van der Waals surface area contributed by atoms with Crippen molar-refractivity contribution in [1.29, 1.82) is 0 Å². The van der Waals surface area contributed by atoms with E-state index in [0.29, 0.717) is 30.7 Å². The molecule has 0 saturated carbocycles. The van der Waals surface area contributed by atoms with Crippen molar-refractivity contribution in [3.05, 3.63) is 102 Å². The van der Waals surface area contributed by atoms with E-state index in [9.17, 15) is 14.0 Å². The Bertz CT molecular complexity index is 1030. The molecule has 0 bridgehead atoms. The minimum atomic E-state index is -0.821. The van der Waals surface area contributed by atoms with Gasteiger partial charge in [0.25, 0.3) is 5.91 Å². The van der Waals surface area contributed by atoms with E-state index in [1.165, 1.54) is 17.0 Å². The highest BCUT2D eigenvalue weighted by atomic mass is 19.1. The third kappa shape index (κ3) is 7.71. The second-order valence-electron chi connectivity index (χ2n) is 7.82. The number of para-hydroxylation sites is 1. The van der Waals surface area contributed by atoms with Crippen LogP contribution in [0.25, 0.3) is 0 Å². The summed E-state index contributed by atoms with van der Waals surface area (Å²) in [6.07, 6.45) is 0.705. The molecule has 178 valence electrons. The lowest BCUT2D eigenvalue weighted by Crippen LogP contribution is -2.51. The minimum Gasteiger partial charge on any atom is -0.484 e. The fourth-order valence-electron chi connectivity index (χ4n) is 3.49. The van der Waals surface area contributed by atoms with Gasteiger partial charge in [0.2, 0.25) is 5.91 Å². The number of amides is 2. The van der Waals surface area contributed by atoms with E-state index in [0.717, 1.165) is 5.56 Å². The topological polar surface area (TPSA) is 78.9 Å². The van der Waals surface area contributed by atoms with Gasteiger partial charge in [-0.2, -0.15) is 0 Å². The normalized spacial score (nSPS) is 11.5. The van der Waals surface area contributed by atoms with Gasteiger partial charge < -0.3 is 20.1 Å². The number of aliphatic hydroxyl groups excluding tert-OH is 1. The van der Waals surface area contributed by atoms with E-state index in [1.807, 2.05) is 48.5 Å². The Balaban J connectivity index is 1.86. The number of carbonyl (C=O) groups is 2. The SMILES string of the molecule is O=C(NCCCO)C(Cc1ccccc1)N(Cc1ccc(F)cc1)C(=O)COc1ccccc1. The molecule has 3 aromatic carbocycles. The summed E-state index contributed by atoms with van der Waals surface area (Å²) >= 11 is 0. The number of halogens is 1. The van der Waals surface area contributed by atoms with Crippen molar-refractivity contribution in [3.63, 3.8) is 0 Å². The average Bonchev–Trinajstić information content (AvgIpc) is 2.87. The van der Waals surface area contributed by atoms with Gasteiger partial charge in [0.1, 0.15) is 17.6 Å². The van der Waals surface area contributed by atoms with Crippen LogP contribution in [0.1, 0.15) is 17.5 Å². The van der Waals surface area contributed by atoms with E-state index in [1.54, 1.807) is 24.3 Å². The van der Waals surface area contributed by atoms with E-state index in [-0.39, 0.29) is 37.4 Å². The van der Waals surface area contributed by atoms with Crippen molar-refractivity contribution in [2.24, 2.45) is 0 Å². The molecule has 2 N–H and O–H groups in total. The highest BCUT2D eigenvalue weighted by Crippen LogP contribution is 2.16. The Morgan fingerprint density at radius 2 is 1.56 bits per heavy atom. The first-order valence-corrected chi connectivity index (χ1v) is 11.2. The van der Waals surface area contributed by atoms with Crippen LogP contribution in [-0.2, 0) is 22.6 Å². The molecule has 0 heterocycles. The Hall–Kier alpha value is -3.71. The van der Waals surface area contributed by atoms with Crippen molar-refractivity contribution in [1.82, 2.24) is 10.2 Å². The van der Waals surface area contributed by atoms with E-state index < -0.39 is 6.04 Å². The monoisotopic (exact) mass is 464 g/mol. The lowest BCUT2D eigenvalue weighted by atomic mass is 10.0. The Labute approximate surface area is 199 Å². The molecular formula is C27H29FN2O4. The molecule has 0 aliphatic carbocycles. The van der Waals surface area contributed by atoms with Gasteiger partial charge in [0, 0.05) is 26.1 Å². The minimum absolute atomic E-state index is 0.0488. The number of hydrogen-bond donors (Lipinski definition) is 2. The van der Waals surface area contributed by atoms with Crippen LogP contribution in [0.5, 0.6) is 5.75 Å². The van der Waals surface area contributed by atoms with E-state index in [4.69, 9.17) is 9.84 Å². The smallest absolute Gasteiger partial charge is 0.261 e. The van der Waals surface area contributed by atoms with Crippen molar-refractivity contribution >= 4 is 11.8 Å². The maximum atomic E-state index is 13.5. The number of nitrogens with one attached hydrogen (secondary N) is 1. The highest BCUT2D eigenvalue weighted by Gasteiger charge is 2.30. The summed E-state index contributed by atoms with van der Waals surface area (Å²) in [5.41, 5.74) is 1.58. The number of rotatable bonds is 12. The third-order valence-electron chi connectivity index (χ3n) is 5.28. The number of benzene rings is 3. The fourth-order valence-corrected chi connectivity index (χ4v) is 3.49. The maximum absolute atomic E-state index is 13.5. The summed E-state index contributed by atoms with van der Waals surface area (Å²) in [4.78, 5) is 28.0. The standard InChI is InChI=1S/C27H29FN2O4/c28-23-14-12-22(13-15-23)19-30(26(32)20-34-24-10-5-2-6-11-24)25(27(33)29-16-7-17-31)18-21-8-3-1-4-9-21/h1-6,8-15,25,31H,7,16-20H2,(H,29,33). The molecule has 0 saturated heterocycles. The largest absolute Gasteiger partial charge is 0.484 e. The molecule has 0 fully saturated rings. The molecule has 0 aliphatic heterocycles. The Kier molecular flexibility index (Phi) is 9.61. The lowest BCUT2D eigenvalue weighted by molar-refractivity contribution is -0.142. The molecule has 1 unspecified atom stereocenters. The summed E-state index contributed by atoms with van der Waals surface area (Å²) < 4.78 is 19.1. The lowest BCUT2D eigenvalue weighted by Gasteiger charge is -2.31. The Morgan fingerprint density at radius 1 is 0.912 bits per heavy atom. The quantitative estimate of drug-likeness (QED) is 0.403. The second-order valence-corrected chi connectivity index (χ2v) is 7.82. The zero-order valence-corrected chi connectivity index (χ0v) is 18.9. The van der Waals surface area contributed by atoms with Crippen molar-refractivity contribution in [2.75, 3.05) is 19.8 Å². The van der Waals surface area contributed by atoms with Crippen LogP contribution < -0.4 is 10.1 Å². The predicted molar refractivity (Wildman–Crippen MR) is 128 cm³/mol. The van der Waals surface area contributed by atoms with Crippen LogP contribution in [-0.4, -0.2) is 47.6 Å². The van der Waals surface area contributed by atoms with Crippen LogP contribution in [0.2, 0.25) is 0 Å². The van der Waals surface area contributed by atoms with E-state index >= 15 is 0 Å². The zero-order valence-electron chi connectivity index (χ0n) is 18.9. The van der Waals surface area contributed by atoms with Gasteiger partial charge in [-0.15, -0.1) is 0 Å². The summed E-state index contributed by atoms with van der Waals surface area (Å²) in [7, 11) is 0. The molecule has 6 nitrogen and oxygen atoms in total. The van der Waals surface area contributed by atoms with Gasteiger partial charge in [-0.1, -0.05) is 60.7 Å². The van der Waals surface area contributed by atoms with Crippen LogP contribution in [0, 0.1) is 5.82 Å². The number of nitrogens with zero attached hydrogens (tertiary/aromatic N) is 1. The van der Waals surface area contributed by atoms with Crippen molar-refractivity contribution in [3.8, 4) is 5.75 Å². The molecule has 0 spiro atoms. The van der Waals surface area contributed by atoms with Gasteiger partial charge in [-0.05, 0) is 41.8 Å². The van der Waals surface area contributed by atoms with Gasteiger partial charge in [-0.25, -0.2) is 4.39 Å². The second kappa shape index (κ2) is 13.1. The van der Waals surface area contributed by atoms with Gasteiger partial charge in [0.15, 0.2) is 6.61 Å². The average molecular weight is 465 g/mol. The molecular weight excluding hydrogens is 435 g/mol. The molecule has 0 radical (unpaired) electrons. The Morgan fingerprint density at radius 3 is 2.21 bits per heavy atom. The summed E-state index contributed by atoms with van der Waals surface area (Å²) in [5.74, 6) is -0.528. The number of carbonyl (C=O) groups excluding carboxylic acids is 2. The molecule has 1 atom stereocenters. The fraction of sp³-hybridized carbons (Fsp3) is 0.259. The summed E-state index contributed by atoms with van der Waals surface area (Å²) in [6.45, 7) is 0.106. The van der Waals surface area contributed by atoms with E-state index in [2.05, 4.69) is 5.32 Å². The van der Waals surface area contributed by atoms with Crippen LogP contribution in [0.4, 0.5) is 4.39 Å². The molecule has 0 aliphatic rings. The first-order valence-electron chi connectivity index (χ1n) is 11.2. The zero-order chi connectivity index (χ0) is 24.2. The summed E-state index contributed by atoms with van der Waals surface area (Å²) in [5, 5.41) is 11.9. The number of hydrogen-bond acceptors (Lipinski definition) is 4. The first kappa shape index (κ1) is 24.9. The van der Waals surface area contributed by atoms with Crippen LogP contribution >= 0.6 is 0 Å². The number of ether oxygens (including phenoxy) is 1. The van der Waals surface area contributed by atoms with Crippen LogP contribution in [0.15, 0.2) is 84.9 Å².